The molecule has 2 aromatic carbocycles. The number of carbonyl (C=O) groups is 1. The third kappa shape index (κ3) is 2.39. The molecule has 2 aliphatic heterocycles. The summed E-state index contributed by atoms with van der Waals surface area (Å²) in [6.07, 6.45) is 3.22. The van der Waals surface area contributed by atoms with Crippen molar-refractivity contribution < 1.29 is 18.7 Å². The number of halogens is 1. The van der Waals surface area contributed by atoms with Crippen LogP contribution in [0.4, 0.5) is 10.1 Å². The second kappa shape index (κ2) is 5.70. The van der Waals surface area contributed by atoms with E-state index in [-0.39, 0.29) is 12.7 Å². The minimum absolute atomic E-state index is 0.137. The number of fused-ring (bicyclic) bond motifs is 2. The number of aryl methyl sites for hydroxylation is 1. The van der Waals surface area contributed by atoms with Crippen molar-refractivity contribution in [2.24, 2.45) is 0 Å². The largest absolute Gasteiger partial charge is 0.454 e. The Morgan fingerprint density at radius 3 is 2.81 bits per heavy atom. The van der Waals surface area contributed by atoms with Gasteiger partial charge in [0.1, 0.15) is 5.82 Å². The lowest BCUT2D eigenvalue weighted by Gasteiger charge is -2.11. The summed E-state index contributed by atoms with van der Waals surface area (Å²) in [7, 11) is 0. The van der Waals surface area contributed by atoms with Crippen LogP contribution in [-0.2, 0) is 4.79 Å². The molecule has 27 heavy (non-hydrogen) atoms. The third-order valence-corrected chi connectivity index (χ3v) is 4.73. The van der Waals surface area contributed by atoms with E-state index in [0.717, 1.165) is 5.69 Å². The van der Waals surface area contributed by atoms with Gasteiger partial charge >= 0.3 is 0 Å². The highest BCUT2D eigenvalue weighted by Crippen LogP contribution is 2.44. The van der Waals surface area contributed by atoms with Crippen molar-refractivity contribution in [1.29, 1.82) is 0 Å². The highest BCUT2D eigenvalue weighted by molar-refractivity contribution is 6.36. The van der Waals surface area contributed by atoms with Gasteiger partial charge in [-0.05, 0) is 42.8 Å². The Morgan fingerprint density at radius 1 is 1.15 bits per heavy atom. The van der Waals surface area contributed by atoms with E-state index in [1.807, 2.05) is 6.92 Å². The van der Waals surface area contributed by atoms with E-state index in [9.17, 15) is 9.18 Å². The maximum absolute atomic E-state index is 14.9. The van der Waals surface area contributed by atoms with Gasteiger partial charge in [-0.25, -0.2) is 9.37 Å². The van der Waals surface area contributed by atoms with Gasteiger partial charge in [0, 0.05) is 22.5 Å². The molecule has 0 fully saturated rings. The van der Waals surface area contributed by atoms with Crippen molar-refractivity contribution >= 4 is 23.2 Å². The molecule has 0 atom stereocenters. The number of carbonyl (C=O) groups excluding carboxylic acids is 1. The SMILES string of the molecule is Cc1[nH]cnc1/C=C1\C(=O)Nc2ccc(F)c(-c3ccc4c(c3)OCO4)c21. The van der Waals surface area contributed by atoms with Gasteiger partial charge in [0.25, 0.3) is 5.91 Å². The van der Waals surface area contributed by atoms with E-state index in [2.05, 4.69) is 15.3 Å². The molecule has 0 aliphatic carbocycles. The standard InChI is InChI=1S/C20H14FN3O3/c1-10-15(23-8-22-10)7-12-19-14(24-20(12)25)4-3-13(21)18(19)11-2-5-16-17(6-11)27-9-26-16/h2-8H,9H2,1H3,(H,22,23)(H,24,25)/b12-7-. The summed E-state index contributed by atoms with van der Waals surface area (Å²) in [5.74, 6) is 0.452. The number of H-pyrrole nitrogens is 1. The number of aromatic amines is 1. The maximum atomic E-state index is 14.9. The summed E-state index contributed by atoms with van der Waals surface area (Å²) in [5.41, 5.74) is 3.85. The van der Waals surface area contributed by atoms with Gasteiger partial charge in [-0.1, -0.05) is 6.07 Å². The fourth-order valence-electron chi connectivity index (χ4n) is 3.39. The van der Waals surface area contributed by atoms with E-state index < -0.39 is 5.82 Å². The zero-order valence-corrected chi connectivity index (χ0v) is 14.3. The van der Waals surface area contributed by atoms with E-state index in [4.69, 9.17) is 9.47 Å². The summed E-state index contributed by atoms with van der Waals surface area (Å²) in [4.78, 5) is 19.8. The number of ether oxygens (including phenoxy) is 2. The Balaban J connectivity index is 1.73. The second-order valence-corrected chi connectivity index (χ2v) is 6.34. The van der Waals surface area contributed by atoms with Crippen molar-refractivity contribution in [3.05, 3.63) is 59.4 Å². The number of anilines is 1. The number of hydrogen-bond donors (Lipinski definition) is 2. The molecule has 7 heteroatoms. The Kier molecular flexibility index (Phi) is 3.30. The van der Waals surface area contributed by atoms with Crippen molar-refractivity contribution in [3.8, 4) is 22.6 Å². The van der Waals surface area contributed by atoms with Crippen LogP contribution < -0.4 is 14.8 Å². The van der Waals surface area contributed by atoms with Crippen LogP contribution in [-0.4, -0.2) is 22.7 Å². The lowest BCUT2D eigenvalue weighted by molar-refractivity contribution is -0.110. The van der Waals surface area contributed by atoms with Gasteiger partial charge in [-0.15, -0.1) is 0 Å². The first kappa shape index (κ1) is 15.6. The Hall–Kier alpha value is -3.61. The number of nitrogens with zero attached hydrogens (tertiary/aromatic N) is 1. The van der Waals surface area contributed by atoms with Crippen LogP contribution in [0, 0.1) is 12.7 Å². The lowest BCUT2D eigenvalue weighted by Crippen LogP contribution is -2.03. The first-order chi connectivity index (χ1) is 13.1. The van der Waals surface area contributed by atoms with Crippen molar-refractivity contribution in [3.63, 3.8) is 0 Å². The maximum Gasteiger partial charge on any atom is 0.256 e. The summed E-state index contributed by atoms with van der Waals surface area (Å²) >= 11 is 0. The molecule has 6 nitrogen and oxygen atoms in total. The number of hydrogen-bond acceptors (Lipinski definition) is 4. The summed E-state index contributed by atoms with van der Waals surface area (Å²) in [5, 5.41) is 2.80. The fraction of sp³-hybridized carbons (Fsp3) is 0.100. The van der Waals surface area contributed by atoms with Gasteiger partial charge in [-0.3, -0.25) is 4.79 Å². The van der Waals surface area contributed by atoms with Crippen LogP contribution in [0.5, 0.6) is 11.5 Å². The summed E-state index contributed by atoms with van der Waals surface area (Å²) < 4.78 is 25.6. The fourth-order valence-corrected chi connectivity index (χ4v) is 3.39. The predicted octanol–water partition coefficient (Wildman–Crippen LogP) is 3.75. The molecule has 0 spiro atoms. The topological polar surface area (TPSA) is 76.2 Å². The van der Waals surface area contributed by atoms with E-state index in [1.54, 1.807) is 36.7 Å². The monoisotopic (exact) mass is 363 g/mol. The number of benzene rings is 2. The molecule has 2 N–H and O–H groups in total. The molecule has 1 aromatic heterocycles. The first-order valence-electron chi connectivity index (χ1n) is 8.38. The molecular weight excluding hydrogens is 349 g/mol. The number of nitrogens with one attached hydrogen (secondary N) is 2. The number of imidazole rings is 1. The van der Waals surface area contributed by atoms with Crippen LogP contribution in [0.25, 0.3) is 22.8 Å². The minimum atomic E-state index is -0.422. The highest BCUT2D eigenvalue weighted by Gasteiger charge is 2.30. The molecule has 134 valence electrons. The van der Waals surface area contributed by atoms with Crippen molar-refractivity contribution in [2.45, 2.75) is 6.92 Å². The Labute approximate surface area is 153 Å². The molecule has 0 radical (unpaired) electrons. The zero-order chi connectivity index (χ0) is 18.5. The lowest BCUT2D eigenvalue weighted by atomic mass is 9.93. The van der Waals surface area contributed by atoms with Crippen molar-refractivity contribution in [1.82, 2.24) is 9.97 Å². The molecule has 1 amide bonds. The molecular formula is C20H14FN3O3. The second-order valence-electron chi connectivity index (χ2n) is 6.34. The predicted molar refractivity (Wildman–Crippen MR) is 97.8 cm³/mol. The van der Waals surface area contributed by atoms with Crippen LogP contribution >= 0.6 is 0 Å². The summed E-state index contributed by atoms with van der Waals surface area (Å²) in [6.45, 7) is 2.00. The number of amides is 1. The van der Waals surface area contributed by atoms with Gasteiger partial charge in [0.05, 0.1) is 17.6 Å². The van der Waals surface area contributed by atoms with Gasteiger partial charge in [0.2, 0.25) is 6.79 Å². The number of aromatic nitrogens is 2. The normalized spacial score (nSPS) is 15.9. The molecule has 5 rings (SSSR count). The van der Waals surface area contributed by atoms with Crippen LogP contribution in [0.2, 0.25) is 0 Å². The Bertz CT molecular complexity index is 1130. The molecule has 0 saturated carbocycles. The van der Waals surface area contributed by atoms with Gasteiger partial charge in [0.15, 0.2) is 11.5 Å². The molecule has 0 unspecified atom stereocenters. The van der Waals surface area contributed by atoms with Gasteiger partial charge in [-0.2, -0.15) is 0 Å². The highest BCUT2D eigenvalue weighted by atomic mass is 19.1. The smallest absolute Gasteiger partial charge is 0.256 e. The van der Waals surface area contributed by atoms with Crippen LogP contribution in [0.1, 0.15) is 17.0 Å². The summed E-state index contributed by atoms with van der Waals surface area (Å²) in [6, 6.07) is 8.13. The van der Waals surface area contributed by atoms with E-state index in [1.165, 1.54) is 6.07 Å². The van der Waals surface area contributed by atoms with Crippen LogP contribution in [0.3, 0.4) is 0 Å². The average molecular weight is 363 g/mol. The Morgan fingerprint density at radius 2 is 2.00 bits per heavy atom. The first-order valence-corrected chi connectivity index (χ1v) is 8.38. The third-order valence-electron chi connectivity index (χ3n) is 4.73. The molecule has 0 saturated heterocycles. The minimum Gasteiger partial charge on any atom is -0.454 e. The molecule has 3 heterocycles. The molecule has 0 bridgehead atoms. The molecule has 3 aromatic rings. The van der Waals surface area contributed by atoms with Crippen molar-refractivity contribution in [2.75, 3.05) is 12.1 Å². The number of rotatable bonds is 2. The van der Waals surface area contributed by atoms with Gasteiger partial charge < -0.3 is 19.8 Å². The molecule has 2 aliphatic rings. The quantitative estimate of drug-likeness (QED) is 0.680. The average Bonchev–Trinajstić information content (AvgIpc) is 3.35. The van der Waals surface area contributed by atoms with Crippen LogP contribution in [0.15, 0.2) is 36.7 Å². The van der Waals surface area contributed by atoms with E-state index in [0.29, 0.717) is 45.1 Å². The zero-order valence-electron chi connectivity index (χ0n) is 14.3. The van der Waals surface area contributed by atoms with E-state index >= 15 is 0 Å².